The molecule has 126 valence electrons. The summed E-state index contributed by atoms with van der Waals surface area (Å²) in [6.07, 6.45) is 1.04. The highest BCUT2D eigenvalue weighted by Crippen LogP contribution is 2.52. The van der Waals surface area contributed by atoms with Crippen LogP contribution in [0.4, 0.5) is 0 Å². The van der Waals surface area contributed by atoms with Gasteiger partial charge in [-0.2, -0.15) is 0 Å². The van der Waals surface area contributed by atoms with Gasteiger partial charge in [0, 0.05) is 13.1 Å². The van der Waals surface area contributed by atoms with E-state index in [9.17, 15) is 4.79 Å². The van der Waals surface area contributed by atoms with Gasteiger partial charge in [-0.1, -0.05) is 60.7 Å². The second kappa shape index (κ2) is 7.63. The van der Waals surface area contributed by atoms with Crippen LogP contribution < -0.4 is 5.32 Å². The highest BCUT2D eigenvalue weighted by molar-refractivity contribution is 5.82. The van der Waals surface area contributed by atoms with Gasteiger partial charge in [0.1, 0.15) is 0 Å². The first-order valence-electron chi connectivity index (χ1n) is 8.69. The quantitative estimate of drug-likeness (QED) is 0.885. The van der Waals surface area contributed by atoms with E-state index in [1.165, 1.54) is 11.1 Å². The zero-order valence-electron chi connectivity index (χ0n) is 14.5. The number of carbonyl (C=O) groups is 1. The van der Waals surface area contributed by atoms with Crippen molar-refractivity contribution in [2.45, 2.75) is 18.3 Å². The Bertz CT molecular complexity index is 609. The highest BCUT2D eigenvalue weighted by atomic mass is 16.1. The molecule has 0 saturated heterocycles. The Morgan fingerprint density at radius 3 is 1.92 bits per heavy atom. The molecule has 3 nitrogen and oxygen atoms in total. The predicted molar refractivity (Wildman–Crippen MR) is 98.0 cm³/mol. The van der Waals surface area contributed by atoms with Gasteiger partial charge >= 0.3 is 0 Å². The fourth-order valence-corrected chi connectivity index (χ4v) is 3.62. The van der Waals surface area contributed by atoms with E-state index in [1.807, 2.05) is 26.2 Å². The third-order valence-corrected chi connectivity index (χ3v) is 4.99. The lowest BCUT2D eigenvalue weighted by molar-refractivity contribution is -0.129. The number of hydrogen-bond acceptors (Lipinski definition) is 2. The molecule has 3 heteroatoms. The lowest BCUT2D eigenvalue weighted by atomic mass is 9.59. The summed E-state index contributed by atoms with van der Waals surface area (Å²) in [5, 5.41) is 3.13. The molecule has 0 aliphatic heterocycles. The molecule has 3 atom stereocenters. The van der Waals surface area contributed by atoms with Crippen molar-refractivity contribution < 1.29 is 4.79 Å². The zero-order valence-corrected chi connectivity index (χ0v) is 14.5. The van der Waals surface area contributed by atoms with Gasteiger partial charge in [-0.15, -0.1) is 0 Å². The third kappa shape index (κ3) is 3.68. The van der Waals surface area contributed by atoms with Crippen molar-refractivity contribution in [1.29, 1.82) is 0 Å². The topological polar surface area (TPSA) is 32.3 Å². The van der Waals surface area contributed by atoms with Gasteiger partial charge in [0.05, 0.1) is 5.92 Å². The molecule has 1 amide bonds. The molecule has 24 heavy (non-hydrogen) atoms. The Hall–Kier alpha value is -2.13. The maximum absolute atomic E-state index is 12.8. The smallest absolute Gasteiger partial charge is 0.224 e. The lowest BCUT2D eigenvalue weighted by Crippen LogP contribution is -2.46. The third-order valence-electron chi connectivity index (χ3n) is 4.99. The maximum Gasteiger partial charge on any atom is 0.224 e. The molecular formula is C21H26N2O. The number of nitrogens with zero attached hydrogens (tertiary/aromatic N) is 1. The van der Waals surface area contributed by atoms with Gasteiger partial charge in [0.15, 0.2) is 0 Å². The van der Waals surface area contributed by atoms with E-state index in [0.717, 1.165) is 13.0 Å². The standard InChI is InChI=1S/C21H26N2O/c1-23(2)14-13-22-21(24)20-18(16-9-5-3-6-10-16)15-19(20)17-11-7-4-8-12-17/h3-12,18-20H,13-15H2,1-2H3,(H,22,24)/t18-,19+,20?. The summed E-state index contributed by atoms with van der Waals surface area (Å²) in [5.74, 6) is 0.842. The Labute approximate surface area is 144 Å². The summed E-state index contributed by atoms with van der Waals surface area (Å²) in [5.41, 5.74) is 2.55. The van der Waals surface area contributed by atoms with E-state index in [-0.39, 0.29) is 11.8 Å². The van der Waals surface area contributed by atoms with Crippen molar-refractivity contribution >= 4 is 5.91 Å². The molecule has 1 unspecified atom stereocenters. The zero-order chi connectivity index (χ0) is 16.9. The van der Waals surface area contributed by atoms with Crippen LogP contribution in [-0.4, -0.2) is 38.0 Å². The largest absolute Gasteiger partial charge is 0.355 e. The molecule has 3 rings (SSSR count). The Morgan fingerprint density at radius 1 is 0.958 bits per heavy atom. The SMILES string of the molecule is CN(C)CCNC(=O)C1[C@@H](c2ccccc2)C[C@H]1c1ccccc1. The Balaban J connectivity index is 1.75. The molecule has 0 heterocycles. The predicted octanol–water partition coefficient (Wildman–Crippen LogP) is 3.25. The van der Waals surface area contributed by atoms with Gasteiger partial charge in [-0.05, 0) is 43.5 Å². The molecule has 1 saturated carbocycles. The van der Waals surface area contributed by atoms with Crippen molar-refractivity contribution in [3.8, 4) is 0 Å². The number of rotatable bonds is 6. The minimum absolute atomic E-state index is 0.0250. The number of carbonyl (C=O) groups excluding carboxylic acids is 1. The van der Waals surface area contributed by atoms with Crippen LogP contribution in [0.2, 0.25) is 0 Å². The molecule has 1 aliphatic carbocycles. The summed E-state index contributed by atoms with van der Waals surface area (Å²) < 4.78 is 0. The van der Waals surface area contributed by atoms with Gasteiger partial charge in [-0.25, -0.2) is 0 Å². The summed E-state index contributed by atoms with van der Waals surface area (Å²) in [7, 11) is 4.05. The van der Waals surface area contributed by atoms with Gasteiger partial charge < -0.3 is 10.2 Å². The molecule has 2 aromatic rings. The van der Waals surface area contributed by atoms with Crippen molar-refractivity contribution in [3.05, 3.63) is 71.8 Å². The van der Waals surface area contributed by atoms with E-state index in [2.05, 4.69) is 58.7 Å². The van der Waals surface area contributed by atoms with E-state index in [0.29, 0.717) is 18.4 Å². The van der Waals surface area contributed by atoms with E-state index in [4.69, 9.17) is 0 Å². The van der Waals surface area contributed by atoms with E-state index >= 15 is 0 Å². The number of amides is 1. The number of nitrogens with one attached hydrogen (secondary N) is 1. The number of hydrogen-bond donors (Lipinski definition) is 1. The summed E-state index contributed by atoms with van der Waals surface area (Å²) in [6, 6.07) is 20.9. The summed E-state index contributed by atoms with van der Waals surface area (Å²) in [4.78, 5) is 14.9. The van der Waals surface area contributed by atoms with Crippen molar-refractivity contribution in [3.63, 3.8) is 0 Å². The molecule has 1 aliphatic rings. The van der Waals surface area contributed by atoms with Crippen LogP contribution in [0.25, 0.3) is 0 Å². The van der Waals surface area contributed by atoms with Gasteiger partial charge in [-0.3, -0.25) is 4.79 Å². The first-order chi connectivity index (χ1) is 11.7. The molecule has 0 bridgehead atoms. The second-order valence-electron chi connectivity index (χ2n) is 6.89. The van der Waals surface area contributed by atoms with Crippen LogP contribution in [0.1, 0.15) is 29.4 Å². The summed E-state index contributed by atoms with van der Waals surface area (Å²) in [6.45, 7) is 1.57. The van der Waals surface area contributed by atoms with Gasteiger partial charge in [0.2, 0.25) is 5.91 Å². The molecular weight excluding hydrogens is 296 g/mol. The van der Waals surface area contributed by atoms with E-state index < -0.39 is 0 Å². The molecule has 1 fully saturated rings. The van der Waals surface area contributed by atoms with Crippen LogP contribution in [0.15, 0.2) is 60.7 Å². The Morgan fingerprint density at radius 2 is 1.46 bits per heavy atom. The molecule has 0 spiro atoms. The average Bonchev–Trinajstić information content (AvgIpc) is 2.55. The molecule has 2 aromatic carbocycles. The van der Waals surface area contributed by atoms with Crippen LogP contribution in [-0.2, 0) is 4.79 Å². The number of benzene rings is 2. The minimum atomic E-state index is 0.0250. The fraction of sp³-hybridized carbons (Fsp3) is 0.381. The van der Waals surface area contributed by atoms with E-state index in [1.54, 1.807) is 0 Å². The normalized spacial score (nSPS) is 22.9. The molecule has 0 aromatic heterocycles. The molecule has 1 N–H and O–H groups in total. The highest BCUT2D eigenvalue weighted by Gasteiger charge is 2.46. The maximum atomic E-state index is 12.8. The number of likely N-dealkylation sites (N-methyl/N-ethyl adjacent to an activating group) is 1. The fourth-order valence-electron chi connectivity index (χ4n) is 3.62. The minimum Gasteiger partial charge on any atom is -0.355 e. The van der Waals surface area contributed by atoms with Crippen LogP contribution in [0.3, 0.4) is 0 Å². The Kier molecular flexibility index (Phi) is 5.31. The van der Waals surface area contributed by atoms with Crippen molar-refractivity contribution in [1.82, 2.24) is 10.2 Å². The van der Waals surface area contributed by atoms with Crippen LogP contribution in [0.5, 0.6) is 0 Å². The first-order valence-corrected chi connectivity index (χ1v) is 8.69. The first kappa shape index (κ1) is 16.7. The second-order valence-corrected chi connectivity index (χ2v) is 6.89. The monoisotopic (exact) mass is 322 g/mol. The van der Waals surface area contributed by atoms with Crippen LogP contribution >= 0.6 is 0 Å². The van der Waals surface area contributed by atoms with Gasteiger partial charge in [0.25, 0.3) is 0 Å². The average molecular weight is 322 g/mol. The molecule has 0 radical (unpaired) electrons. The summed E-state index contributed by atoms with van der Waals surface area (Å²) >= 11 is 0. The van der Waals surface area contributed by atoms with Crippen molar-refractivity contribution in [2.75, 3.05) is 27.2 Å². The lowest BCUT2D eigenvalue weighted by Gasteiger charge is -2.44. The van der Waals surface area contributed by atoms with Crippen LogP contribution in [0, 0.1) is 5.92 Å². The van der Waals surface area contributed by atoms with Crippen molar-refractivity contribution in [2.24, 2.45) is 5.92 Å².